The fraction of sp³-hybridized carbons (Fsp3) is 0.273. The van der Waals surface area contributed by atoms with Gasteiger partial charge in [0.05, 0.1) is 5.39 Å². The van der Waals surface area contributed by atoms with Crippen LogP contribution in [0.25, 0.3) is 11.0 Å². The Balaban J connectivity index is 2.77. The number of aromatic nitrogens is 1. The quantitative estimate of drug-likeness (QED) is 0.630. The van der Waals surface area contributed by atoms with Gasteiger partial charge in [0.15, 0.2) is 16.1 Å². The van der Waals surface area contributed by atoms with Crippen LogP contribution in [0.15, 0.2) is 31.0 Å². The van der Waals surface area contributed by atoms with Gasteiger partial charge in [-0.05, 0) is 34.7 Å². The van der Waals surface area contributed by atoms with Gasteiger partial charge in [-0.25, -0.2) is 4.98 Å². The highest BCUT2D eigenvalue weighted by atomic mass is 79.9. The second kappa shape index (κ2) is 4.59. The van der Waals surface area contributed by atoms with Gasteiger partial charge in [0.2, 0.25) is 0 Å². The SMILES string of the molecule is CCSc1cc(=O)c2cc(C)nc(Br)c2o1. The van der Waals surface area contributed by atoms with Crippen LogP contribution in [0.4, 0.5) is 0 Å². The highest BCUT2D eigenvalue weighted by Crippen LogP contribution is 2.25. The molecule has 2 aromatic rings. The van der Waals surface area contributed by atoms with E-state index in [0.717, 1.165) is 11.4 Å². The van der Waals surface area contributed by atoms with E-state index >= 15 is 0 Å². The summed E-state index contributed by atoms with van der Waals surface area (Å²) in [5, 5.41) is 1.20. The first kappa shape index (κ1) is 11.7. The highest BCUT2D eigenvalue weighted by Gasteiger charge is 2.09. The number of rotatable bonds is 2. The number of aryl methyl sites for hydroxylation is 1. The molecule has 0 aliphatic carbocycles. The smallest absolute Gasteiger partial charge is 0.194 e. The van der Waals surface area contributed by atoms with E-state index in [1.165, 1.54) is 17.8 Å². The summed E-state index contributed by atoms with van der Waals surface area (Å²) < 4.78 is 6.20. The van der Waals surface area contributed by atoms with E-state index in [2.05, 4.69) is 20.9 Å². The molecular formula is C11H10BrNO2S. The fourth-order valence-corrected chi connectivity index (χ4v) is 2.62. The molecule has 0 spiro atoms. The molecule has 0 atom stereocenters. The van der Waals surface area contributed by atoms with Crippen molar-refractivity contribution in [2.75, 3.05) is 5.75 Å². The molecule has 0 fully saturated rings. The lowest BCUT2D eigenvalue weighted by molar-refractivity contribution is 0.497. The van der Waals surface area contributed by atoms with Crippen LogP contribution in [-0.4, -0.2) is 10.7 Å². The van der Waals surface area contributed by atoms with Crippen LogP contribution in [-0.2, 0) is 0 Å². The van der Waals surface area contributed by atoms with Gasteiger partial charge >= 0.3 is 0 Å². The summed E-state index contributed by atoms with van der Waals surface area (Å²) in [6.45, 7) is 3.86. The lowest BCUT2D eigenvalue weighted by atomic mass is 10.2. The first-order valence-electron chi connectivity index (χ1n) is 4.85. The van der Waals surface area contributed by atoms with E-state index in [-0.39, 0.29) is 5.43 Å². The number of hydrogen-bond donors (Lipinski definition) is 0. The Hall–Kier alpha value is -0.810. The lowest BCUT2D eigenvalue weighted by Gasteiger charge is -2.03. The van der Waals surface area contributed by atoms with Crippen LogP contribution in [0.1, 0.15) is 12.6 Å². The predicted octanol–water partition coefficient (Wildman–Crippen LogP) is 3.37. The molecule has 2 aromatic heterocycles. The molecule has 0 aliphatic rings. The number of fused-ring (bicyclic) bond motifs is 1. The second-order valence-electron chi connectivity index (χ2n) is 3.29. The Morgan fingerprint density at radius 1 is 1.50 bits per heavy atom. The summed E-state index contributed by atoms with van der Waals surface area (Å²) in [7, 11) is 0. The third-order valence-electron chi connectivity index (χ3n) is 2.06. The second-order valence-corrected chi connectivity index (χ2v) is 5.31. The standard InChI is InChI=1S/C11H10BrNO2S/c1-3-16-9-5-8(14)7-4-6(2)13-11(12)10(7)15-9/h4-5H,3H2,1-2H3. The monoisotopic (exact) mass is 299 g/mol. The van der Waals surface area contributed by atoms with Crippen molar-refractivity contribution >= 4 is 38.7 Å². The largest absolute Gasteiger partial charge is 0.447 e. The van der Waals surface area contributed by atoms with Crippen molar-refractivity contribution < 1.29 is 4.42 Å². The first-order valence-corrected chi connectivity index (χ1v) is 6.63. The topological polar surface area (TPSA) is 43.1 Å². The molecule has 2 heterocycles. The van der Waals surface area contributed by atoms with E-state index in [1.807, 2.05) is 13.8 Å². The third kappa shape index (κ3) is 2.15. The number of thioether (sulfide) groups is 1. The zero-order valence-electron chi connectivity index (χ0n) is 8.91. The van der Waals surface area contributed by atoms with Crippen molar-refractivity contribution in [3.05, 3.63) is 32.7 Å². The maximum atomic E-state index is 11.9. The first-order chi connectivity index (χ1) is 7.61. The van der Waals surface area contributed by atoms with Crippen molar-refractivity contribution in [2.45, 2.75) is 18.9 Å². The normalized spacial score (nSPS) is 10.9. The number of halogens is 1. The van der Waals surface area contributed by atoms with Crippen LogP contribution >= 0.6 is 27.7 Å². The van der Waals surface area contributed by atoms with Crippen molar-refractivity contribution in [1.82, 2.24) is 4.98 Å². The molecule has 0 unspecified atom stereocenters. The maximum Gasteiger partial charge on any atom is 0.194 e. The summed E-state index contributed by atoms with van der Waals surface area (Å²) in [5.41, 5.74) is 1.29. The van der Waals surface area contributed by atoms with E-state index in [0.29, 0.717) is 20.7 Å². The van der Waals surface area contributed by atoms with Crippen molar-refractivity contribution in [2.24, 2.45) is 0 Å². The van der Waals surface area contributed by atoms with Crippen molar-refractivity contribution in [1.29, 1.82) is 0 Å². The van der Waals surface area contributed by atoms with Gasteiger partial charge in [0, 0.05) is 11.8 Å². The van der Waals surface area contributed by atoms with Gasteiger partial charge < -0.3 is 4.42 Å². The Morgan fingerprint density at radius 2 is 2.25 bits per heavy atom. The molecule has 84 valence electrons. The average molecular weight is 300 g/mol. The van der Waals surface area contributed by atoms with Crippen LogP contribution < -0.4 is 5.43 Å². The molecule has 0 bridgehead atoms. The minimum absolute atomic E-state index is 0.0246. The lowest BCUT2D eigenvalue weighted by Crippen LogP contribution is -2.02. The predicted molar refractivity (Wildman–Crippen MR) is 69.1 cm³/mol. The summed E-state index contributed by atoms with van der Waals surface area (Å²) in [6.07, 6.45) is 0. The fourth-order valence-electron chi connectivity index (χ4n) is 1.43. The molecule has 3 nitrogen and oxygen atoms in total. The Bertz CT molecular complexity index is 594. The van der Waals surface area contributed by atoms with Crippen molar-refractivity contribution in [3.63, 3.8) is 0 Å². The van der Waals surface area contributed by atoms with Gasteiger partial charge in [-0.15, -0.1) is 0 Å². The van der Waals surface area contributed by atoms with Crippen LogP contribution in [0, 0.1) is 6.92 Å². The van der Waals surface area contributed by atoms with Gasteiger partial charge in [0.25, 0.3) is 0 Å². The van der Waals surface area contributed by atoms with Gasteiger partial charge in [0.1, 0.15) is 4.60 Å². The highest BCUT2D eigenvalue weighted by molar-refractivity contribution is 9.10. The Morgan fingerprint density at radius 3 is 2.94 bits per heavy atom. The molecule has 0 aliphatic heterocycles. The molecule has 0 saturated heterocycles. The van der Waals surface area contributed by atoms with Crippen LogP contribution in [0.5, 0.6) is 0 Å². The van der Waals surface area contributed by atoms with Gasteiger partial charge in [-0.2, -0.15) is 0 Å². The van der Waals surface area contributed by atoms with Crippen LogP contribution in [0.2, 0.25) is 0 Å². The minimum atomic E-state index is -0.0246. The average Bonchev–Trinajstić information content (AvgIpc) is 2.20. The molecule has 0 aromatic carbocycles. The number of pyridine rings is 1. The molecule has 0 N–H and O–H groups in total. The number of hydrogen-bond acceptors (Lipinski definition) is 4. The van der Waals surface area contributed by atoms with Gasteiger partial charge in [-0.3, -0.25) is 4.79 Å². The van der Waals surface area contributed by atoms with Crippen molar-refractivity contribution in [3.8, 4) is 0 Å². The molecule has 2 rings (SSSR count). The maximum absolute atomic E-state index is 11.9. The summed E-state index contributed by atoms with van der Waals surface area (Å²) >= 11 is 4.82. The zero-order valence-corrected chi connectivity index (χ0v) is 11.3. The zero-order chi connectivity index (χ0) is 11.7. The molecular weight excluding hydrogens is 290 g/mol. The third-order valence-corrected chi connectivity index (χ3v) is 3.38. The van der Waals surface area contributed by atoms with E-state index in [1.54, 1.807) is 6.07 Å². The summed E-state index contributed by atoms with van der Waals surface area (Å²) in [5.74, 6) is 0.866. The van der Waals surface area contributed by atoms with E-state index < -0.39 is 0 Å². The van der Waals surface area contributed by atoms with E-state index in [4.69, 9.17) is 4.42 Å². The molecule has 0 amide bonds. The summed E-state index contributed by atoms with van der Waals surface area (Å²) in [4.78, 5) is 16.1. The Labute approximate surface area is 105 Å². The molecule has 16 heavy (non-hydrogen) atoms. The number of nitrogens with zero attached hydrogens (tertiary/aromatic N) is 1. The molecule has 5 heteroatoms. The molecule has 0 saturated carbocycles. The van der Waals surface area contributed by atoms with E-state index in [9.17, 15) is 4.79 Å². The summed E-state index contributed by atoms with van der Waals surface area (Å²) in [6, 6.07) is 3.27. The molecule has 0 radical (unpaired) electrons. The Kier molecular flexibility index (Phi) is 3.35. The van der Waals surface area contributed by atoms with Gasteiger partial charge in [-0.1, -0.05) is 18.7 Å². The minimum Gasteiger partial charge on any atom is -0.447 e. The van der Waals surface area contributed by atoms with Crippen LogP contribution in [0.3, 0.4) is 0 Å².